The molecule has 0 aliphatic heterocycles. The third-order valence-electron chi connectivity index (χ3n) is 4.90. The third-order valence-corrected chi connectivity index (χ3v) is 4.90. The number of hydrogen-bond acceptors (Lipinski definition) is 5. The summed E-state index contributed by atoms with van der Waals surface area (Å²) in [6, 6.07) is 21.5. The summed E-state index contributed by atoms with van der Waals surface area (Å²) in [6.07, 6.45) is 1.30. The lowest BCUT2D eigenvalue weighted by Gasteiger charge is -2.13. The SMILES string of the molecule is CC(C)c1ccccc1Oc1coc2cc(OCC(=O)Nc3ccccc3)ccc2c1=O. The van der Waals surface area contributed by atoms with Gasteiger partial charge in [0.1, 0.15) is 23.3 Å². The predicted molar refractivity (Wildman–Crippen MR) is 124 cm³/mol. The van der Waals surface area contributed by atoms with Gasteiger partial charge in [-0.25, -0.2) is 0 Å². The van der Waals surface area contributed by atoms with Crippen LogP contribution in [0.25, 0.3) is 11.0 Å². The molecule has 0 unspecified atom stereocenters. The van der Waals surface area contributed by atoms with E-state index in [1.165, 1.54) is 6.26 Å². The molecule has 1 heterocycles. The average Bonchev–Trinajstić information content (AvgIpc) is 2.80. The van der Waals surface area contributed by atoms with Crippen LogP contribution in [-0.2, 0) is 4.79 Å². The molecule has 0 radical (unpaired) electrons. The van der Waals surface area contributed by atoms with E-state index in [4.69, 9.17) is 13.9 Å². The Hall–Kier alpha value is -4.06. The molecule has 0 atom stereocenters. The van der Waals surface area contributed by atoms with Crippen LogP contribution >= 0.6 is 0 Å². The molecule has 0 aliphatic carbocycles. The molecule has 3 aromatic carbocycles. The van der Waals surface area contributed by atoms with Crippen molar-refractivity contribution in [2.75, 3.05) is 11.9 Å². The quantitative estimate of drug-likeness (QED) is 0.406. The van der Waals surface area contributed by atoms with E-state index in [0.29, 0.717) is 28.2 Å². The predicted octanol–water partition coefficient (Wildman–Crippen LogP) is 5.73. The van der Waals surface area contributed by atoms with E-state index in [0.717, 1.165) is 5.56 Å². The second kappa shape index (κ2) is 9.39. The zero-order valence-corrected chi connectivity index (χ0v) is 17.8. The van der Waals surface area contributed by atoms with Crippen LogP contribution in [0.5, 0.6) is 17.2 Å². The van der Waals surface area contributed by atoms with E-state index >= 15 is 0 Å². The van der Waals surface area contributed by atoms with Crippen LogP contribution in [-0.4, -0.2) is 12.5 Å². The van der Waals surface area contributed by atoms with Crippen LogP contribution in [0.3, 0.4) is 0 Å². The van der Waals surface area contributed by atoms with Crippen LogP contribution in [0.4, 0.5) is 5.69 Å². The van der Waals surface area contributed by atoms with Gasteiger partial charge in [-0.05, 0) is 41.8 Å². The number of anilines is 1. The molecule has 1 amide bonds. The molecule has 0 saturated carbocycles. The van der Waals surface area contributed by atoms with Gasteiger partial charge in [-0.3, -0.25) is 9.59 Å². The van der Waals surface area contributed by atoms with Crippen molar-refractivity contribution in [1.82, 2.24) is 0 Å². The number of benzene rings is 3. The molecule has 6 nitrogen and oxygen atoms in total. The van der Waals surface area contributed by atoms with Crippen LogP contribution in [0, 0.1) is 0 Å². The van der Waals surface area contributed by atoms with Crippen LogP contribution < -0.4 is 20.2 Å². The maximum absolute atomic E-state index is 12.9. The molecule has 0 spiro atoms. The van der Waals surface area contributed by atoms with Crippen LogP contribution in [0.1, 0.15) is 25.3 Å². The van der Waals surface area contributed by atoms with Crippen molar-refractivity contribution >= 4 is 22.6 Å². The number of hydrogen-bond donors (Lipinski definition) is 1. The van der Waals surface area contributed by atoms with Crippen molar-refractivity contribution in [2.24, 2.45) is 0 Å². The fraction of sp³-hybridized carbons (Fsp3) is 0.154. The van der Waals surface area contributed by atoms with Crippen LogP contribution in [0.15, 0.2) is 88.3 Å². The summed E-state index contributed by atoms with van der Waals surface area (Å²) in [5.41, 5.74) is 1.76. The van der Waals surface area contributed by atoms with Crippen molar-refractivity contribution in [3.63, 3.8) is 0 Å². The smallest absolute Gasteiger partial charge is 0.262 e. The molecule has 0 bridgehead atoms. The van der Waals surface area contributed by atoms with Gasteiger partial charge in [0.15, 0.2) is 6.61 Å². The highest BCUT2D eigenvalue weighted by Gasteiger charge is 2.14. The van der Waals surface area contributed by atoms with E-state index in [1.807, 2.05) is 42.5 Å². The zero-order valence-electron chi connectivity index (χ0n) is 17.8. The molecule has 1 aromatic heterocycles. The maximum Gasteiger partial charge on any atom is 0.262 e. The van der Waals surface area contributed by atoms with E-state index < -0.39 is 0 Å². The standard InChI is InChI=1S/C26H23NO5/c1-17(2)20-10-6-7-11-22(20)32-24-15-31-23-14-19(12-13-21(23)26(24)29)30-16-25(28)27-18-8-4-3-5-9-18/h3-15,17H,16H2,1-2H3,(H,27,28). The highest BCUT2D eigenvalue weighted by Crippen LogP contribution is 2.30. The minimum atomic E-state index is -0.287. The normalized spacial score (nSPS) is 10.8. The molecule has 0 aliphatic rings. The summed E-state index contributed by atoms with van der Waals surface area (Å²) in [7, 11) is 0. The lowest BCUT2D eigenvalue weighted by Crippen LogP contribution is -2.20. The molecule has 162 valence electrons. The lowest BCUT2D eigenvalue weighted by molar-refractivity contribution is -0.118. The highest BCUT2D eigenvalue weighted by atomic mass is 16.5. The number of rotatable bonds is 7. The molecule has 4 aromatic rings. The number of amides is 1. The average molecular weight is 429 g/mol. The Morgan fingerprint density at radius 2 is 1.72 bits per heavy atom. The number of nitrogens with one attached hydrogen (secondary N) is 1. The Morgan fingerprint density at radius 3 is 2.50 bits per heavy atom. The van der Waals surface area contributed by atoms with Gasteiger partial charge in [0.25, 0.3) is 5.91 Å². The Kier molecular flexibility index (Phi) is 6.22. The molecular weight excluding hydrogens is 406 g/mol. The number of ether oxygens (including phenoxy) is 2. The van der Waals surface area contributed by atoms with Gasteiger partial charge in [0.2, 0.25) is 11.2 Å². The minimum Gasteiger partial charge on any atom is -0.484 e. The second-order valence-electron chi connectivity index (χ2n) is 7.58. The van der Waals surface area contributed by atoms with Gasteiger partial charge in [0.05, 0.1) is 5.39 Å². The Bertz CT molecular complexity index is 1290. The first-order valence-corrected chi connectivity index (χ1v) is 10.3. The van der Waals surface area contributed by atoms with Gasteiger partial charge in [-0.2, -0.15) is 0 Å². The highest BCUT2D eigenvalue weighted by molar-refractivity contribution is 5.91. The first kappa shape index (κ1) is 21.2. The van der Waals surface area contributed by atoms with E-state index in [1.54, 1.807) is 30.3 Å². The Morgan fingerprint density at radius 1 is 0.969 bits per heavy atom. The zero-order chi connectivity index (χ0) is 22.5. The minimum absolute atomic E-state index is 0.113. The summed E-state index contributed by atoms with van der Waals surface area (Å²) in [5.74, 6) is 1.12. The van der Waals surface area contributed by atoms with E-state index in [-0.39, 0.29) is 29.6 Å². The summed E-state index contributed by atoms with van der Waals surface area (Å²) < 4.78 is 17.1. The molecular formula is C26H23NO5. The van der Waals surface area contributed by atoms with Crippen molar-refractivity contribution in [2.45, 2.75) is 19.8 Å². The van der Waals surface area contributed by atoms with Crippen LogP contribution in [0.2, 0.25) is 0 Å². The summed E-state index contributed by atoms with van der Waals surface area (Å²) in [4.78, 5) is 25.0. The fourth-order valence-electron chi connectivity index (χ4n) is 3.29. The number of para-hydroxylation sites is 2. The molecule has 1 N–H and O–H groups in total. The first-order chi connectivity index (χ1) is 15.5. The third kappa shape index (κ3) is 4.81. The van der Waals surface area contributed by atoms with Gasteiger partial charge in [0, 0.05) is 11.8 Å². The summed E-state index contributed by atoms with van der Waals surface area (Å²) in [6.45, 7) is 3.96. The fourth-order valence-corrected chi connectivity index (χ4v) is 3.29. The molecule has 4 rings (SSSR count). The monoisotopic (exact) mass is 429 g/mol. The Labute approximate surface area is 185 Å². The summed E-state index contributed by atoms with van der Waals surface area (Å²) in [5, 5.41) is 3.11. The second-order valence-corrected chi connectivity index (χ2v) is 7.58. The molecule has 32 heavy (non-hydrogen) atoms. The van der Waals surface area contributed by atoms with Gasteiger partial charge < -0.3 is 19.2 Å². The Balaban J connectivity index is 1.49. The number of fused-ring (bicyclic) bond motifs is 1. The first-order valence-electron chi connectivity index (χ1n) is 10.3. The van der Waals surface area contributed by atoms with Gasteiger partial charge >= 0.3 is 0 Å². The number of carbonyl (C=O) groups is 1. The van der Waals surface area contributed by atoms with Crippen molar-refractivity contribution in [3.05, 3.63) is 94.8 Å². The molecule has 0 fully saturated rings. The van der Waals surface area contributed by atoms with E-state index in [9.17, 15) is 9.59 Å². The molecule has 0 saturated heterocycles. The molecule has 6 heteroatoms. The lowest BCUT2D eigenvalue weighted by atomic mass is 10.0. The van der Waals surface area contributed by atoms with Gasteiger partial charge in [-0.15, -0.1) is 0 Å². The summed E-state index contributed by atoms with van der Waals surface area (Å²) >= 11 is 0. The van der Waals surface area contributed by atoms with Gasteiger partial charge in [-0.1, -0.05) is 50.2 Å². The van der Waals surface area contributed by atoms with Crippen molar-refractivity contribution in [3.8, 4) is 17.2 Å². The van der Waals surface area contributed by atoms with Crippen molar-refractivity contribution < 1.29 is 18.7 Å². The topological polar surface area (TPSA) is 77.8 Å². The van der Waals surface area contributed by atoms with Crippen molar-refractivity contribution in [1.29, 1.82) is 0 Å². The number of carbonyl (C=O) groups excluding carboxylic acids is 1. The maximum atomic E-state index is 12.9. The largest absolute Gasteiger partial charge is 0.484 e. The van der Waals surface area contributed by atoms with E-state index in [2.05, 4.69) is 19.2 Å².